The summed E-state index contributed by atoms with van der Waals surface area (Å²) in [5.41, 5.74) is 0.881. The van der Waals surface area contributed by atoms with Crippen molar-refractivity contribution < 1.29 is 9.59 Å². The van der Waals surface area contributed by atoms with E-state index in [1.165, 1.54) is 12.3 Å². The molecule has 0 aliphatic carbocycles. The van der Waals surface area contributed by atoms with Gasteiger partial charge in [0.1, 0.15) is 5.69 Å². The lowest BCUT2D eigenvalue weighted by Gasteiger charge is -2.09. The summed E-state index contributed by atoms with van der Waals surface area (Å²) in [6.07, 6.45) is 3.31. The number of anilines is 1. The molecule has 0 fully saturated rings. The SMILES string of the molecule is CCCCNC(=O)c1ccnc(C(=O)Nc2cccc(Cl)c2Cl)c1. The number of rotatable bonds is 6. The number of unbranched alkanes of at least 4 members (excludes halogenated alkanes) is 1. The Labute approximate surface area is 150 Å². The van der Waals surface area contributed by atoms with Crippen LogP contribution in [0.3, 0.4) is 0 Å². The van der Waals surface area contributed by atoms with Gasteiger partial charge in [-0.1, -0.05) is 42.6 Å². The van der Waals surface area contributed by atoms with Crippen molar-refractivity contribution in [1.29, 1.82) is 0 Å². The Hall–Kier alpha value is -2.11. The molecule has 0 saturated heterocycles. The van der Waals surface area contributed by atoms with Crippen LogP contribution >= 0.6 is 23.2 Å². The van der Waals surface area contributed by atoms with Crippen molar-refractivity contribution in [3.05, 3.63) is 57.8 Å². The lowest BCUT2D eigenvalue weighted by molar-refractivity contribution is 0.0953. The van der Waals surface area contributed by atoms with Crippen molar-refractivity contribution in [2.75, 3.05) is 11.9 Å². The molecule has 2 N–H and O–H groups in total. The van der Waals surface area contributed by atoms with E-state index in [9.17, 15) is 9.59 Å². The van der Waals surface area contributed by atoms with E-state index >= 15 is 0 Å². The van der Waals surface area contributed by atoms with Crippen molar-refractivity contribution in [1.82, 2.24) is 10.3 Å². The van der Waals surface area contributed by atoms with Crippen LogP contribution < -0.4 is 10.6 Å². The van der Waals surface area contributed by atoms with Crippen molar-refractivity contribution >= 4 is 40.7 Å². The fraction of sp³-hybridized carbons (Fsp3) is 0.235. The van der Waals surface area contributed by atoms with Crippen LogP contribution in [-0.2, 0) is 0 Å². The minimum absolute atomic E-state index is 0.120. The van der Waals surface area contributed by atoms with Gasteiger partial charge in [-0.25, -0.2) is 0 Å². The minimum atomic E-state index is -0.470. The number of benzene rings is 1. The number of halogens is 2. The fourth-order valence-electron chi connectivity index (χ4n) is 1.96. The van der Waals surface area contributed by atoms with Gasteiger partial charge in [-0.15, -0.1) is 0 Å². The van der Waals surface area contributed by atoms with Crippen LogP contribution in [0.5, 0.6) is 0 Å². The lowest BCUT2D eigenvalue weighted by atomic mass is 10.2. The third-order valence-corrected chi connectivity index (χ3v) is 4.09. The first-order valence-corrected chi connectivity index (χ1v) is 8.28. The van der Waals surface area contributed by atoms with Gasteiger partial charge < -0.3 is 10.6 Å². The van der Waals surface area contributed by atoms with E-state index in [4.69, 9.17) is 23.2 Å². The van der Waals surface area contributed by atoms with Gasteiger partial charge in [-0.2, -0.15) is 0 Å². The molecule has 0 radical (unpaired) electrons. The first-order chi connectivity index (χ1) is 11.5. The van der Waals surface area contributed by atoms with Gasteiger partial charge in [0.25, 0.3) is 11.8 Å². The zero-order valence-electron chi connectivity index (χ0n) is 13.1. The molecule has 0 unspecified atom stereocenters. The molecule has 2 rings (SSSR count). The van der Waals surface area contributed by atoms with E-state index in [-0.39, 0.29) is 16.6 Å². The number of amides is 2. The second-order valence-electron chi connectivity index (χ2n) is 5.09. The standard InChI is InChI=1S/C17H17Cl2N3O2/c1-2-3-8-21-16(23)11-7-9-20-14(10-11)17(24)22-13-6-4-5-12(18)15(13)19/h4-7,9-10H,2-3,8H2,1H3,(H,21,23)(H,22,24). The van der Waals surface area contributed by atoms with Crippen LogP contribution in [0.25, 0.3) is 0 Å². The van der Waals surface area contributed by atoms with Gasteiger partial charge in [0, 0.05) is 18.3 Å². The number of nitrogens with zero attached hydrogens (tertiary/aromatic N) is 1. The number of hydrogen-bond acceptors (Lipinski definition) is 3. The molecule has 2 amide bonds. The zero-order chi connectivity index (χ0) is 17.5. The Morgan fingerprint density at radius 3 is 2.71 bits per heavy atom. The number of aromatic nitrogens is 1. The van der Waals surface area contributed by atoms with Gasteiger partial charge in [-0.05, 0) is 30.7 Å². The number of carbonyl (C=O) groups is 2. The number of carbonyl (C=O) groups excluding carboxylic acids is 2. The average Bonchev–Trinajstić information content (AvgIpc) is 2.59. The summed E-state index contributed by atoms with van der Waals surface area (Å²) >= 11 is 12.0. The summed E-state index contributed by atoms with van der Waals surface area (Å²) in [4.78, 5) is 28.3. The molecule has 0 bridgehead atoms. The molecule has 7 heteroatoms. The average molecular weight is 366 g/mol. The van der Waals surface area contributed by atoms with Crippen LogP contribution in [0.4, 0.5) is 5.69 Å². The third-order valence-electron chi connectivity index (χ3n) is 3.27. The van der Waals surface area contributed by atoms with Gasteiger partial charge in [-0.3, -0.25) is 14.6 Å². The maximum Gasteiger partial charge on any atom is 0.274 e. The molecule has 0 aliphatic heterocycles. The zero-order valence-corrected chi connectivity index (χ0v) is 14.6. The van der Waals surface area contributed by atoms with Gasteiger partial charge >= 0.3 is 0 Å². The molecule has 1 aromatic heterocycles. The van der Waals surface area contributed by atoms with Crippen LogP contribution in [0.2, 0.25) is 10.0 Å². The highest BCUT2D eigenvalue weighted by Crippen LogP contribution is 2.29. The van der Waals surface area contributed by atoms with E-state index < -0.39 is 5.91 Å². The number of pyridine rings is 1. The fourth-order valence-corrected chi connectivity index (χ4v) is 2.31. The maximum absolute atomic E-state index is 12.3. The molecular formula is C17H17Cl2N3O2. The minimum Gasteiger partial charge on any atom is -0.352 e. The number of nitrogens with one attached hydrogen (secondary N) is 2. The van der Waals surface area contributed by atoms with Crippen LogP contribution in [0, 0.1) is 0 Å². The van der Waals surface area contributed by atoms with Crippen molar-refractivity contribution in [3.63, 3.8) is 0 Å². The molecule has 1 aromatic carbocycles. The Kier molecular flexibility index (Phi) is 6.58. The molecule has 5 nitrogen and oxygen atoms in total. The lowest BCUT2D eigenvalue weighted by Crippen LogP contribution is -2.25. The Morgan fingerprint density at radius 1 is 1.17 bits per heavy atom. The maximum atomic E-state index is 12.3. The van der Waals surface area contributed by atoms with E-state index in [0.29, 0.717) is 22.8 Å². The van der Waals surface area contributed by atoms with Gasteiger partial charge in [0.05, 0.1) is 15.7 Å². The smallest absolute Gasteiger partial charge is 0.274 e. The second-order valence-corrected chi connectivity index (χ2v) is 5.88. The molecule has 0 aliphatic rings. The van der Waals surface area contributed by atoms with Crippen molar-refractivity contribution in [2.45, 2.75) is 19.8 Å². The van der Waals surface area contributed by atoms with Crippen LogP contribution in [0.15, 0.2) is 36.5 Å². The molecule has 2 aromatic rings. The Bertz CT molecular complexity index is 750. The quantitative estimate of drug-likeness (QED) is 0.754. The highest BCUT2D eigenvalue weighted by molar-refractivity contribution is 6.44. The molecule has 0 spiro atoms. The van der Waals surface area contributed by atoms with E-state index in [0.717, 1.165) is 12.8 Å². The van der Waals surface area contributed by atoms with Crippen LogP contribution in [-0.4, -0.2) is 23.3 Å². The van der Waals surface area contributed by atoms with E-state index in [2.05, 4.69) is 15.6 Å². The summed E-state index contributed by atoms with van der Waals surface area (Å²) in [5.74, 6) is -0.705. The predicted octanol–water partition coefficient (Wildman–Crippen LogP) is 4.17. The molecule has 0 saturated carbocycles. The summed E-state index contributed by atoms with van der Waals surface area (Å²) < 4.78 is 0. The first-order valence-electron chi connectivity index (χ1n) is 7.52. The summed E-state index contributed by atoms with van der Waals surface area (Å²) in [5, 5.41) is 6.02. The summed E-state index contributed by atoms with van der Waals surface area (Å²) in [7, 11) is 0. The predicted molar refractivity (Wildman–Crippen MR) is 95.9 cm³/mol. The third kappa shape index (κ3) is 4.69. The monoisotopic (exact) mass is 365 g/mol. The number of hydrogen-bond donors (Lipinski definition) is 2. The van der Waals surface area contributed by atoms with E-state index in [1.807, 2.05) is 6.92 Å². The van der Waals surface area contributed by atoms with Crippen molar-refractivity contribution in [3.8, 4) is 0 Å². The van der Waals surface area contributed by atoms with Crippen molar-refractivity contribution in [2.24, 2.45) is 0 Å². The normalized spacial score (nSPS) is 10.3. The Morgan fingerprint density at radius 2 is 1.96 bits per heavy atom. The summed E-state index contributed by atoms with van der Waals surface area (Å²) in [6.45, 7) is 2.64. The molecular weight excluding hydrogens is 349 g/mol. The molecule has 1 heterocycles. The van der Waals surface area contributed by atoms with Crippen LogP contribution in [0.1, 0.15) is 40.6 Å². The Balaban J connectivity index is 2.11. The van der Waals surface area contributed by atoms with Gasteiger partial charge in [0.15, 0.2) is 0 Å². The van der Waals surface area contributed by atoms with Gasteiger partial charge in [0.2, 0.25) is 0 Å². The topological polar surface area (TPSA) is 71.1 Å². The first kappa shape index (κ1) is 18.2. The highest BCUT2D eigenvalue weighted by atomic mass is 35.5. The second kappa shape index (κ2) is 8.66. The molecule has 126 valence electrons. The molecule has 0 atom stereocenters. The largest absolute Gasteiger partial charge is 0.352 e. The highest BCUT2D eigenvalue weighted by Gasteiger charge is 2.14. The summed E-state index contributed by atoms with van der Waals surface area (Å²) in [6, 6.07) is 7.93. The molecule has 24 heavy (non-hydrogen) atoms. The van der Waals surface area contributed by atoms with E-state index in [1.54, 1.807) is 24.3 Å².